The van der Waals surface area contributed by atoms with E-state index in [4.69, 9.17) is 9.47 Å². The monoisotopic (exact) mass is 338 g/mol. The number of nitrogens with zero attached hydrogens (tertiary/aromatic N) is 2. The molecule has 0 saturated carbocycles. The van der Waals surface area contributed by atoms with Crippen LogP contribution in [0.4, 0.5) is 0 Å². The predicted octanol–water partition coefficient (Wildman–Crippen LogP) is 1.15. The van der Waals surface area contributed by atoms with Gasteiger partial charge in [-0.05, 0) is 13.1 Å². The molecule has 0 saturated heterocycles. The van der Waals surface area contributed by atoms with Crippen molar-refractivity contribution in [2.75, 3.05) is 13.8 Å². The van der Waals surface area contributed by atoms with Gasteiger partial charge < -0.3 is 20.1 Å². The minimum absolute atomic E-state index is 0. The van der Waals surface area contributed by atoms with Gasteiger partial charge in [0.15, 0.2) is 11.5 Å². The van der Waals surface area contributed by atoms with Gasteiger partial charge in [0.05, 0.1) is 6.20 Å². The number of carbonyl (C=O) groups is 1. The van der Waals surface area contributed by atoms with Crippen LogP contribution >= 0.6 is 12.4 Å². The Morgan fingerprint density at radius 1 is 1.43 bits per heavy atom. The van der Waals surface area contributed by atoms with Crippen molar-refractivity contribution < 1.29 is 14.3 Å². The molecule has 2 heterocycles. The zero-order valence-corrected chi connectivity index (χ0v) is 13.7. The van der Waals surface area contributed by atoms with Gasteiger partial charge in [0, 0.05) is 30.9 Å². The number of nitrogens with one attached hydrogen (secondary N) is 2. The van der Waals surface area contributed by atoms with E-state index in [0.717, 1.165) is 11.1 Å². The van der Waals surface area contributed by atoms with Crippen LogP contribution in [0.3, 0.4) is 0 Å². The van der Waals surface area contributed by atoms with Crippen LogP contribution in [0.15, 0.2) is 30.6 Å². The summed E-state index contributed by atoms with van der Waals surface area (Å²) in [6.07, 6.45) is 3.50. The third kappa shape index (κ3) is 3.57. The van der Waals surface area contributed by atoms with E-state index in [0.29, 0.717) is 18.0 Å². The lowest BCUT2D eigenvalue weighted by Gasteiger charge is -2.15. The maximum atomic E-state index is 12.4. The maximum absolute atomic E-state index is 12.4. The van der Waals surface area contributed by atoms with Crippen LogP contribution in [0.25, 0.3) is 0 Å². The molecule has 1 unspecified atom stereocenters. The quantitative estimate of drug-likeness (QED) is 0.855. The molecule has 0 fully saturated rings. The van der Waals surface area contributed by atoms with Crippen molar-refractivity contribution in [2.24, 2.45) is 7.05 Å². The zero-order chi connectivity index (χ0) is 15.5. The number of hydrogen-bond donors (Lipinski definition) is 2. The summed E-state index contributed by atoms with van der Waals surface area (Å²) in [6.45, 7) is 0.596. The van der Waals surface area contributed by atoms with E-state index >= 15 is 0 Å². The minimum Gasteiger partial charge on any atom is -0.454 e. The smallest absolute Gasteiger partial charge is 0.242 e. The van der Waals surface area contributed by atoms with E-state index in [2.05, 4.69) is 15.7 Å². The highest BCUT2D eigenvalue weighted by atomic mass is 35.5. The number of likely N-dealkylation sites (N-methyl/N-ethyl adjacent to an activating group) is 1. The Kier molecular flexibility index (Phi) is 5.46. The number of aryl methyl sites for hydroxylation is 1. The number of benzene rings is 1. The molecule has 0 bridgehead atoms. The van der Waals surface area contributed by atoms with Gasteiger partial charge in [-0.2, -0.15) is 5.10 Å². The second-order valence-electron chi connectivity index (χ2n) is 5.04. The van der Waals surface area contributed by atoms with Gasteiger partial charge in [0.2, 0.25) is 12.7 Å². The fraction of sp³-hybridized carbons (Fsp3) is 0.333. The fourth-order valence-corrected chi connectivity index (χ4v) is 2.45. The van der Waals surface area contributed by atoms with E-state index < -0.39 is 6.04 Å². The van der Waals surface area contributed by atoms with Gasteiger partial charge in [-0.1, -0.05) is 12.1 Å². The molecule has 7 nitrogen and oxygen atoms in total. The van der Waals surface area contributed by atoms with Crippen molar-refractivity contribution in [3.8, 4) is 11.5 Å². The minimum atomic E-state index is -0.442. The van der Waals surface area contributed by atoms with Crippen LogP contribution in [0.5, 0.6) is 11.5 Å². The molecule has 1 aromatic heterocycles. The van der Waals surface area contributed by atoms with E-state index in [1.165, 1.54) is 0 Å². The average Bonchev–Trinajstić information content (AvgIpc) is 3.15. The number of para-hydroxylation sites is 1. The second kappa shape index (κ2) is 7.34. The zero-order valence-electron chi connectivity index (χ0n) is 12.9. The van der Waals surface area contributed by atoms with Crippen LogP contribution < -0.4 is 20.1 Å². The SMILES string of the molecule is CNC(C(=O)NCc1cccc2c1OCO2)c1cnn(C)c1.Cl. The highest BCUT2D eigenvalue weighted by Crippen LogP contribution is 2.35. The van der Waals surface area contributed by atoms with Crippen molar-refractivity contribution in [3.63, 3.8) is 0 Å². The highest BCUT2D eigenvalue weighted by molar-refractivity contribution is 5.85. The Balaban J connectivity index is 0.00000192. The summed E-state index contributed by atoms with van der Waals surface area (Å²) in [4.78, 5) is 12.4. The summed E-state index contributed by atoms with van der Waals surface area (Å²) < 4.78 is 12.4. The van der Waals surface area contributed by atoms with Gasteiger partial charge in [0.25, 0.3) is 0 Å². The molecule has 1 amide bonds. The Morgan fingerprint density at radius 2 is 2.26 bits per heavy atom. The molecule has 0 spiro atoms. The van der Waals surface area contributed by atoms with Crippen molar-refractivity contribution in [3.05, 3.63) is 41.7 Å². The van der Waals surface area contributed by atoms with E-state index in [-0.39, 0.29) is 25.1 Å². The Morgan fingerprint density at radius 3 is 2.96 bits per heavy atom. The molecule has 2 aromatic rings. The van der Waals surface area contributed by atoms with E-state index in [1.54, 1.807) is 17.9 Å². The molecule has 3 rings (SSSR count). The number of fused-ring (bicyclic) bond motifs is 1. The average molecular weight is 339 g/mol. The Bertz CT molecular complexity index is 689. The molecule has 2 N–H and O–H groups in total. The number of rotatable bonds is 5. The number of carbonyl (C=O) groups excluding carboxylic acids is 1. The third-order valence-corrected chi connectivity index (χ3v) is 3.54. The molecule has 1 aromatic carbocycles. The Hall–Kier alpha value is -2.25. The molecular formula is C15H19ClN4O3. The number of hydrogen-bond acceptors (Lipinski definition) is 5. The lowest BCUT2D eigenvalue weighted by molar-refractivity contribution is -0.123. The lowest BCUT2D eigenvalue weighted by atomic mass is 10.1. The molecule has 0 radical (unpaired) electrons. The number of halogens is 1. The molecule has 1 aliphatic rings. The molecule has 1 atom stereocenters. The first-order valence-electron chi connectivity index (χ1n) is 7.00. The standard InChI is InChI=1S/C15H18N4O3.ClH/c1-16-13(11-7-18-19(2)8-11)15(20)17-6-10-4-3-5-12-14(10)22-9-21-12;/h3-5,7-8,13,16H,6,9H2,1-2H3,(H,17,20);1H. The predicted molar refractivity (Wildman–Crippen MR) is 86.7 cm³/mol. The summed E-state index contributed by atoms with van der Waals surface area (Å²) in [6, 6.07) is 5.19. The van der Waals surface area contributed by atoms with E-state index in [9.17, 15) is 4.79 Å². The van der Waals surface area contributed by atoms with Gasteiger partial charge in [-0.25, -0.2) is 0 Å². The molecule has 124 valence electrons. The van der Waals surface area contributed by atoms with Crippen LogP contribution in [0, 0.1) is 0 Å². The summed E-state index contributed by atoms with van der Waals surface area (Å²) in [7, 11) is 3.56. The van der Waals surface area contributed by atoms with Crippen molar-refractivity contribution in [2.45, 2.75) is 12.6 Å². The van der Waals surface area contributed by atoms with Crippen LogP contribution in [-0.2, 0) is 18.4 Å². The Labute approximate surface area is 140 Å². The van der Waals surface area contributed by atoms with Crippen LogP contribution in [0.2, 0.25) is 0 Å². The number of amides is 1. The lowest BCUT2D eigenvalue weighted by Crippen LogP contribution is -2.35. The summed E-state index contributed by atoms with van der Waals surface area (Å²) in [5.74, 6) is 1.29. The largest absolute Gasteiger partial charge is 0.454 e. The normalized spacial score (nSPS) is 13.3. The van der Waals surface area contributed by atoms with Gasteiger partial charge >= 0.3 is 0 Å². The molecular weight excluding hydrogens is 320 g/mol. The summed E-state index contributed by atoms with van der Waals surface area (Å²) in [5, 5.41) is 10.0. The van der Waals surface area contributed by atoms with Crippen molar-refractivity contribution >= 4 is 18.3 Å². The van der Waals surface area contributed by atoms with Crippen molar-refractivity contribution in [1.29, 1.82) is 0 Å². The number of ether oxygens (including phenoxy) is 2. The first-order valence-corrected chi connectivity index (χ1v) is 7.00. The molecule has 23 heavy (non-hydrogen) atoms. The van der Waals surface area contributed by atoms with Crippen LogP contribution in [0.1, 0.15) is 17.2 Å². The van der Waals surface area contributed by atoms with Crippen LogP contribution in [-0.4, -0.2) is 29.5 Å². The van der Waals surface area contributed by atoms with Gasteiger partial charge in [0.1, 0.15) is 6.04 Å². The molecule has 1 aliphatic heterocycles. The first kappa shape index (κ1) is 17.1. The second-order valence-corrected chi connectivity index (χ2v) is 5.04. The highest BCUT2D eigenvalue weighted by Gasteiger charge is 2.22. The summed E-state index contributed by atoms with van der Waals surface area (Å²) >= 11 is 0. The molecule has 0 aliphatic carbocycles. The maximum Gasteiger partial charge on any atom is 0.242 e. The van der Waals surface area contributed by atoms with Gasteiger partial charge in [-0.15, -0.1) is 12.4 Å². The third-order valence-electron chi connectivity index (χ3n) is 3.54. The van der Waals surface area contributed by atoms with E-state index in [1.807, 2.05) is 31.4 Å². The topological polar surface area (TPSA) is 77.4 Å². The van der Waals surface area contributed by atoms with Gasteiger partial charge in [-0.3, -0.25) is 9.48 Å². The summed E-state index contributed by atoms with van der Waals surface area (Å²) in [5.41, 5.74) is 1.71. The number of aromatic nitrogens is 2. The first-order chi connectivity index (χ1) is 10.7. The van der Waals surface area contributed by atoms with Crippen molar-refractivity contribution in [1.82, 2.24) is 20.4 Å². The molecule has 8 heteroatoms. The fourth-order valence-electron chi connectivity index (χ4n) is 2.45.